The Hall–Kier alpha value is -2.80. The number of ether oxygens (including phenoxy) is 1. The summed E-state index contributed by atoms with van der Waals surface area (Å²) >= 11 is 0. The molecular weight excluding hydrogens is 332 g/mol. The van der Waals surface area contributed by atoms with Gasteiger partial charge >= 0.3 is 0 Å². The highest BCUT2D eigenvalue weighted by Crippen LogP contribution is 2.24. The highest BCUT2D eigenvalue weighted by molar-refractivity contribution is 5.95. The van der Waals surface area contributed by atoms with Gasteiger partial charge in [-0.05, 0) is 12.1 Å². The van der Waals surface area contributed by atoms with Crippen molar-refractivity contribution in [3.63, 3.8) is 0 Å². The van der Waals surface area contributed by atoms with Crippen molar-refractivity contribution in [3.8, 4) is 0 Å². The van der Waals surface area contributed by atoms with E-state index in [4.69, 9.17) is 9.15 Å². The van der Waals surface area contributed by atoms with Crippen molar-refractivity contribution in [2.75, 3.05) is 19.7 Å². The molecule has 3 aromatic rings. The number of benzene rings is 1. The topological polar surface area (TPSA) is 81.4 Å². The van der Waals surface area contributed by atoms with Gasteiger partial charge in [-0.1, -0.05) is 38.1 Å². The van der Waals surface area contributed by atoms with Crippen LogP contribution in [0.3, 0.4) is 0 Å². The summed E-state index contributed by atoms with van der Waals surface area (Å²) in [5, 5.41) is 9.12. The molecule has 1 aliphatic heterocycles. The van der Waals surface area contributed by atoms with Crippen LogP contribution in [0.1, 0.15) is 48.1 Å². The Morgan fingerprint density at radius 3 is 2.85 bits per heavy atom. The number of amides is 1. The van der Waals surface area contributed by atoms with Crippen LogP contribution in [0.15, 0.2) is 40.8 Å². The highest BCUT2D eigenvalue weighted by Gasteiger charge is 2.30. The minimum Gasteiger partial charge on any atom is -0.422 e. The minimum atomic E-state index is -0.409. The van der Waals surface area contributed by atoms with Crippen molar-refractivity contribution >= 4 is 16.8 Å². The second kappa shape index (κ2) is 6.84. The zero-order valence-corrected chi connectivity index (χ0v) is 14.8. The van der Waals surface area contributed by atoms with Gasteiger partial charge in [0, 0.05) is 17.8 Å². The van der Waals surface area contributed by atoms with Crippen LogP contribution in [-0.4, -0.2) is 45.7 Å². The lowest BCUT2D eigenvalue weighted by atomic mass is 10.2. The van der Waals surface area contributed by atoms with Crippen molar-refractivity contribution in [1.82, 2.24) is 20.1 Å². The fourth-order valence-electron chi connectivity index (χ4n) is 2.94. The second-order valence-electron chi connectivity index (χ2n) is 6.63. The van der Waals surface area contributed by atoms with E-state index in [1.807, 2.05) is 44.2 Å². The van der Waals surface area contributed by atoms with E-state index in [1.54, 1.807) is 11.0 Å². The fourth-order valence-corrected chi connectivity index (χ4v) is 2.94. The third-order valence-corrected chi connectivity index (χ3v) is 4.40. The molecule has 1 saturated heterocycles. The number of fused-ring (bicyclic) bond motifs is 1. The van der Waals surface area contributed by atoms with Crippen LogP contribution in [0.5, 0.6) is 0 Å². The summed E-state index contributed by atoms with van der Waals surface area (Å²) in [6.07, 6.45) is -0.409. The molecule has 0 N–H and O–H groups in total. The Morgan fingerprint density at radius 2 is 2.04 bits per heavy atom. The van der Waals surface area contributed by atoms with Crippen LogP contribution >= 0.6 is 0 Å². The maximum absolute atomic E-state index is 12.9. The maximum atomic E-state index is 12.9. The lowest BCUT2D eigenvalue weighted by molar-refractivity contribution is -0.0352. The molecule has 0 spiro atoms. The molecule has 0 unspecified atom stereocenters. The van der Waals surface area contributed by atoms with E-state index >= 15 is 0 Å². The Kier molecular flexibility index (Phi) is 4.38. The second-order valence-corrected chi connectivity index (χ2v) is 6.63. The van der Waals surface area contributed by atoms with Crippen molar-refractivity contribution in [2.24, 2.45) is 0 Å². The van der Waals surface area contributed by atoms with Crippen LogP contribution in [0.25, 0.3) is 10.9 Å². The smallest absolute Gasteiger partial charge is 0.272 e. The van der Waals surface area contributed by atoms with Gasteiger partial charge < -0.3 is 14.1 Å². The third-order valence-electron chi connectivity index (χ3n) is 4.40. The predicted octanol–water partition coefficient (Wildman–Crippen LogP) is 2.95. The summed E-state index contributed by atoms with van der Waals surface area (Å²) in [5.74, 6) is 1.02. The molecule has 7 heteroatoms. The lowest BCUT2D eigenvalue weighted by Gasteiger charge is -2.31. The number of pyridine rings is 1. The van der Waals surface area contributed by atoms with Gasteiger partial charge in [0.25, 0.3) is 5.91 Å². The van der Waals surface area contributed by atoms with Crippen LogP contribution < -0.4 is 0 Å². The van der Waals surface area contributed by atoms with Crippen molar-refractivity contribution in [3.05, 3.63) is 53.9 Å². The molecule has 0 radical (unpaired) electrons. The molecule has 0 aliphatic carbocycles. The van der Waals surface area contributed by atoms with Crippen LogP contribution in [0.2, 0.25) is 0 Å². The van der Waals surface area contributed by atoms with Gasteiger partial charge in [-0.3, -0.25) is 4.79 Å². The fraction of sp³-hybridized carbons (Fsp3) is 0.368. The first-order valence-corrected chi connectivity index (χ1v) is 8.72. The van der Waals surface area contributed by atoms with Crippen molar-refractivity contribution < 1.29 is 13.9 Å². The van der Waals surface area contributed by atoms with E-state index in [0.29, 0.717) is 37.2 Å². The molecule has 2 aromatic heterocycles. The zero-order valence-electron chi connectivity index (χ0n) is 14.8. The van der Waals surface area contributed by atoms with Crippen molar-refractivity contribution in [1.29, 1.82) is 0 Å². The molecule has 1 aromatic carbocycles. The summed E-state index contributed by atoms with van der Waals surface area (Å²) in [7, 11) is 0. The van der Waals surface area contributed by atoms with Crippen LogP contribution in [-0.2, 0) is 4.74 Å². The Morgan fingerprint density at radius 1 is 1.19 bits per heavy atom. The van der Waals surface area contributed by atoms with Gasteiger partial charge in [0.1, 0.15) is 5.69 Å². The molecular formula is C19H20N4O3. The minimum absolute atomic E-state index is 0.118. The molecule has 0 bridgehead atoms. The summed E-state index contributed by atoms with van der Waals surface area (Å²) in [5.41, 5.74) is 1.24. The Labute approximate surface area is 151 Å². The predicted molar refractivity (Wildman–Crippen MR) is 94.7 cm³/mol. The molecule has 1 atom stereocenters. The maximum Gasteiger partial charge on any atom is 0.272 e. The number of carbonyl (C=O) groups is 1. The standard InChI is InChI=1S/C19H20N4O3/c1-12(2)17-21-22-18(26-17)16-11-23(9-10-25-16)19(24)15-8-7-13-5-3-4-6-14(13)20-15/h3-8,12,16H,9-11H2,1-2H3/t16-/m1/s1. The quantitative estimate of drug-likeness (QED) is 0.721. The number of rotatable bonds is 3. The number of hydrogen-bond acceptors (Lipinski definition) is 6. The zero-order chi connectivity index (χ0) is 18.1. The molecule has 134 valence electrons. The van der Waals surface area contributed by atoms with E-state index in [-0.39, 0.29) is 11.8 Å². The van der Waals surface area contributed by atoms with Gasteiger partial charge in [0.15, 0.2) is 6.10 Å². The number of morpholine rings is 1. The normalized spacial score (nSPS) is 17.8. The average Bonchev–Trinajstić information content (AvgIpc) is 3.18. The Bertz CT molecular complexity index is 937. The molecule has 1 amide bonds. The number of para-hydroxylation sites is 1. The molecule has 3 heterocycles. The van der Waals surface area contributed by atoms with Gasteiger partial charge in [-0.25, -0.2) is 4.98 Å². The molecule has 26 heavy (non-hydrogen) atoms. The van der Waals surface area contributed by atoms with E-state index in [1.165, 1.54) is 0 Å². The van der Waals surface area contributed by atoms with E-state index in [2.05, 4.69) is 15.2 Å². The number of aromatic nitrogens is 3. The average molecular weight is 352 g/mol. The first-order chi connectivity index (χ1) is 12.6. The number of carbonyl (C=O) groups excluding carboxylic acids is 1. The summed E-state index contributed by atoms with van der Waals surface area (Å²) in [6, 6.07) is 11.4. The monoisotopic (exact) mass is 352 g/mol. The number of nitrogens with zero attached hydrogens (tertiary/aromatic N) is 4. The van der Waals surface area contributed by atoms with E-state index in [9.17, 15) is 4.79 Å². The first kappa shape index (κ1) is 16.7. The summed E-state index contributed by atoms with van der Waals surface area (Å²) in [6.45, 7) is 5.27. The van der Waals surface area contributed by atoms with Gasteiger partial charge in [-0.15, -0.1) is 10.2 Å². The SMILES string of the molecule is CC(C)c1nnc([C@H]2CN(C(=O)c3ccc4ccccc4n3)CCO2)o1. The van der Waals surface area contributed by atoms with Crippen LogP contribution in [0, 0.1) is 0 Å². The lowest BCUT2D eigenvalue weighted by Crippen LogP contribution is -2.42. The van der Waals surface area contributed by atoms with Gasteiger partial charge in [-0.2, -0.15) is 0 Å². The van der Waals surface area contributed by atoms with Gasteiger partial charge in [0.2, 0.25) is 11.8 Å². The van der Waals surface area contributed by atoms with E-state index in [0.717, 1.165) is 10.9 Å². The van der Waals surface area contributed by atoms with Crippen LogP contribution in [0.4, 0.5) is 0 Å². The molecule has 4 rings (SSSR count). The molecule has 0 saturated carbocycles. The molecule has 1 fully saturated rings. The third kappa shape index (κ3) is 3.17. The largest absolute Gasteiger partial charge is 0.422 e. The summed E-state index contributed by atoms with van der Waals surface area (Å²) < 4.78 is 11.4. The summed E-state index contributed by atoms with van der Waals surface area (Å²) in [4.78, 5) is 19.1. The number of hydrogen-bond donors (Lipinski definition) is 0. The Balaban J connectivity index is 1.53. The highest BCUT2D eigenvalue weighted by atomic mass is 16.5. The van der Waals surface area contributed by atoms with Gasteiger partial charge in [0.05, 0.1) is 18.7 Å². The van der Waals surface area contributed by atoms with Crippen molar-refractivity contribution in [2.45, 2.75) is 25.9 Å². The molecule has 7 nitrogen and oxygen atoms in total. The van der Waals surface area contributed by atoms with E-state index < -0.39 is 6.10 Å². The first-order valence-electron chi connectivity index (χ1n) is 8.72. The molecule has 1 aliphatic rings.